The average molecular weight is 294 g/mol. The van der Waals surface area contributed by atoms with E-state index in [2.05, 4.69) is 14.2 Å². The van der Waals surface area contributed by atoms with Crippen LogP contribution in [0.5, 0.6) is 0 Å². The third-order valence-corrected chi connectivity index (χ3v) is 2.58. The molecule has 0 saturated carbocycles. The molecule has 0 aromatic rings. The van der Waals surface area contributed by atoms with Crippen molar-refractivity contribution >= 4 is 17.9 Å². The van der Waals surface area contributed by atoms with E-state index in [1.165, 1.54) is 0 Å². The monoisotopic (exact) mass is 294 g/mol. The number of hydrogen-bond acceptors (Lipinski definition) is 9. The molecule has 1 rings (SSSR count). The van der Waals surface area contributed by atoms with Crippen LogP contribution in [0.25, 0.3) is 0 Å². The number of carboxylic acids is 1. The Morgan fingerprint density at radius 2 is 1.65 bits per heavy atom. The van der Waals surface area contributed by atoms with Crippen molar-refractivity contribution in [2.24, 2.45) is 0 Å². The van der Waals surface area contributed by atoms with E-state index in [0.29, 0.717) is 0 Å². The third kappa shape index (κ3) is 3.63. The zero-order chi connectivity index (χ0) is 15.4. The first-order valence-corrected chi connectivity index (χ1v) is 5.46. The molecule has 0 aliphatic carbocycles. The molecule has 0 spiro atoms. The number of methoxy groups -OCH3 is 1. The second kappa shape index (κ2) is 6.61. The summed E-state index contributed by atoms with van der Waals surface area (Å²) in [7, 11) is 1.04. The number of hydrogen-bond donors (Lipinski definition) is 4. The molecular weight excluding hydrogens is 280 g/mol. The lowest BCUT2D eigenvalue weighted by molar-refractivity contribution is -0.286. The summed E-state index contributed by atoms with van der Waals surface area (Å²) in [5.74, 6) is -3.67. The predicted molar refractivity (Wildman–Crippen MR) is 57.0 cm³/mol. The lowest BCUT2D eigenvalue weighted by atomic mass is 9.99. The summed E-state index contributed by atoms with van der Waals surface area (Å²) in [4.78, 5) is 32.9. The summed E-state index contributed by atoms with van der Waals surface area (Å²) in [5.41, 5.74) is 0. The van der Waals surface area contributed by atoms with Crippen LogP contribution in [0.2, 0.25) is 0 Å². The fraction of sp³-hybridized carbons (Fsp3) is 0.700. The van der Waals surface area contributed by atoms with E-state index < -0.39 is 55.0 Å². The van der Waals surface area contributed by atoms with Gasteiger partial charge in [0.1, 0.15) is 24.7 Å². The number of carbonyl (C=O) groups excluding carboxylic acids is 2. The molecule has 10 heteroatoms. The molecule has 1 saturated heterocycles. The van der Waals surface area contributed by atoms with Crippen LogP contribution >= 0.6 is 0 Å². The van der Waals surface area contributed by atoms with E-state index in [0.717, 1.165) is 7.11 Å². The van der Waals surface area contributed by atoms with Crippen LogP contribution in [-0.2, 0) is 28.6 Å². The van der Waals surface area contributed by atoms with E-state index in [1.54, 1.807) is 0 Å². The van der Waals surface area contributed by atoms with Gasteiger partial charge in [0.05, 0.1) is 7.11 Å². The lowest BCUT2D eigenvalue weighted by Gasteiger charge is -2.37. The maximum Gasteiger partial charge on any atom is 0.335 e. The lowest BCUT2D eigenvalue weighted by Crippen LogP contribution is -2.60. The highest BCUT2D eigenvalue weighted by Crippen LogP contribution is 2.22. The molecule has 0 amide bonds. The second-order valence-corrected chi connectivity index (χ2v) is 3.98. The summed E-state index contributed by atoms with van der Waals surface area (Å²) in [5, 5.41) is 37.1. The van der Waals surface area contributed by atoms with E-state index in [9.17, 15) is 29.7 Å². The largest absolute Gasteiger partial charge is 0.479 e. The van der Waals surface area contributed by atoms with Gasteiger partial charge < -0.3 is 34.6 Å². The van der Waals surface area contributed by atoms with Gasteiger partial charge in [0.25, 0.3) is 0 Å². The van der Waals surface area contributed by atoms with Gasteiger partial charge in [-0.2, -0.15) is 0 Å². The number of carbonyl (C=O) groups is 3. The highest BCUT2D eigenvalue weighted by Gasteiger charge is 2.48. The van der Waals surface area contributed by atoms with Gasteiger partial charge in [-0.05, 0) is 0 Å². The molecular formula is C10H14O10. The number of carboxylic acid groups (broad SMARTS) is 1. The van der Waals surface area contributed by atoms with Crippen LogP contribution in [0, 0.1) is 0 Å². The molecule has 1 fully saturated rings. The van der Waals surface area contributed by atoms with Crippen LogP contribution in [0.1, 0.15) is 6.42 Å². The molecule has 0 aromatic carbocycles. The molecule has 5 unspecified atom stereocenters. The number of aliphatic hydroxyl groups excluding tert-OH is 3. The van der Waals surface area contributed by atoms with Crippen molar-refractivity contribution in [3.63, 3.8) is 0 Å². The SMILES string of the molecule is COC(=O)CC(=O)OC1OC(C(=O)O)C(O)C(O)C1O. The van der Waals surface area contributed by atoms with E-state index >= 15 is 0 Å². The van der Waals surface area contributed by atoms with Gasteiger partial charge in [-0.1, -0.05) is 0 Å². The second-order valence-electron chi connectivity index (χ2n) is 3.98. The van der Waals surface area contributed by atoms with E-state index in [4.69, 9.17) is 5.11 Å². The predicted octanol–water partition coefficient (Wildman–Crippen LogP) is -3.02. The smallest absolute Gasteiger partial charge is 0.335 e. The van der Waals surface area contributed by atoms with Crippen molar-refractivity contribution in [1.29, 1.82) is 0 Å². The van der Waals surface area contributed by atoms with Crippen molar-refractivity contribution in [3.8, 4) is 0 Å². The molecule has 10 nitrogen and oxygen atoms in total. The maximum atomic E-state index is 11.3. The zero-order valence-corrected chi connectivity index (χ0v) is 10.3. The zero-order valence-electron chi connectivity index (χ0n) is 10.3. The highest BCUT2D eigenvalue weighted by atomic mass is 16.7. The minimum atomic E-state index is -1.89. The van der Waals surface area contributed by atoms with Gasteiger partial charge in [0, 0.05) is 0 Å². The Balaban J connectivity index is 2.71. The Morgan fingerprint density at radius 1 is 1.05 bits per heavy atom. The number of aliphatic hydroxyl groups is 3. The molecule has 0 bridgehead atoms. The summed E-state index contributed by atoms with van der Waals surface area (Å²) in [6, 6.07) is 0. The van der Waals surface area contributed by atoms with Gasteiger partial charge in [-0.3, -0.25) is 9.59 Å². The van der Waals surface area contributed by atoms with Crippen LogP contribution in [0.15, 0.2) is 0 Å². The average Bonchev–Trinajstić information content (AvgIpc) is 2.38. The third-order valence-electron chi connectivity index (χ3n) is 2.58. The number of rotatable bonds is 4. The highest BCUT2D eigenvalue weighted by molar-refractivity contribution is 5.91. The molecule has 20 heavy (non-hydrogen) atoms. The number of esters is 2. The Hall–Kier alpha value is -1.75. The Labute approximate surface area is 112 Å². The fourth-order valence-corrected chi connectivity index (χ4v) is 1.51. The van der Waals surface area contributed by atoms with E-state index in [-0.39, 0.29) is 0 Å². The van der Waals surface area contributed by atoms with E-state index in [1.807, 2.05) is 0 Å². The minimum Gasteiger partial charge on any atom is -0.479 e. The molecule has 4 N–H and O–H groups in total. The molecule has 0 aromatic heterocycles. The molecule has 5 atom stereocenters. The van der Waals surface area contributed by atoms with Gasteiger partial charge in [0.15, 0.2) is 6.10 Å². The minimum absolute atomic E-state index is 0.778. The van der Waals surface area contributed by atoms with Crippen LogP contribution in [0.4, 0.5) is 0 Å². The van der Waals surface area contributed by atoms with Crippen molar-refractivity contribution in [1.82, 2.24) is 0 Å². The van der Waals surface area contributed by atoms with Gasteiger partial charge in [-0.15, -0.1) is 0 Å². The van der Waals surface area contributed by atoms with Crippen LogP contribution in [0.3, 0.4) is 0 Å². The molecule has 1 heterocycles. The molecule has 114 valence electrons. The summed E-state index contributed by atoms with van der Waals surface area (Å²) in [6.07, 6.45) is -10.1. The van der Waals surface area contributed by atoms with Crippen molar-refractivity contribution in [3.05, 3.63) is 0 Å². The normalized spacial score (nSPS) is 33.3. The number of aliphatic carboxylic acids is 1. The van der Waals surface area contributed by atoms with Crippen molar-refractivity contribution in [2.45, 2.75) is 37.1 Å². The van der Waals surface area contributed by atoms with Crippen molar-refractivity contribution in [2.75, 3.05) is 7.11 Å². The molecule has 0 radical (unpaired) electrons. The van der Waals surface area contributed by atoms with Crippen LogP contribution < -0.4 is 0 Å². The van der Waals surface area contributed by atoms with Gasteiger partial charge in [-0.25, -0.2) is 4.79 Å². The van der Waals surface area contributed by atoms with Crippen LogP contribution in [-0.4, -0.2) is 76.1 Å². The molecule has 1 aliphatic heterocycles. The van der Waals surface area contributed by atoms with Gasteiger partial charge in [0.2, 0.25) is 6.29 Å². The summed E-state index contributed by atoms with van der Waals surface area (Å²) < 4.78 is 13.4. The standard InChI is InChI=1S/C10H14O10/c1-18-3(11)2-4(12)19-10-7(15)5(13)6(14)8(20-10)9(16)17/h5-8,10,13-15H,2H2,1H3,(H,16,17). The quantitative estimate of drug-likeness (QED) is 0.310. The maximum absolute atomic E-state index is 11.3. The summed E-state index contributed by atoms with van der Waals surface area (Å²) in [6.45, 7) is 0. The molecule has 1 aliphatic rings. The Bertz CT molecular complexity index is 393. The first-order valence-electron chi connectivity index (χ1n) is 5.46. The Kier molecular flexibility index (Phi) is 5.39. The number of ether oxygens (including phenoxy) is 3. The topological polar surface area (TPSA) is 160 Å². The fourth-order valence-electron chi connectivity index (χ4n) is 1.51. The summed E-state index contributed by atoms with van der Waals surface area (Å²) >= 11 is 0. The first-order chi connectivity index (χ1) is 9.27. The van der Waals surface area contributed by atoms with Gasteiger partial charge >= 0.3 is 17.9 Å². The van der Waals surface area contributed by atoms with Crippen molar-refractivity contribution < 1.29 is 49.0 Å². The first kappa shape index (κ1) is 16.3. The Morgan fingerprint density at radius 3 is 2.15 bits per heavy atom.